The zero-order valence-electron chi connectivity index (χ0n) is 13.8. The fourth-order valence-corrected chi connectivity index (χ4v) is 10.1. The second-order valence-corrected chi connectivity index (χ2v) is 13.2. The van der Waals surface area contributed by atoms with Gasteiger partial charge in [-0.25, -0.2) is 0 Å². The van der Waals surface area contributed by atoms with E-state index in [0.29, 0.717) is 16.6 Å². The molecule has 1 aliphatic rings. The third-order valence-electron chi connectivity index (χ3n) is 4.75. The highest BCUT2D eigenvalue weighted by atomic mass is 32.1. The minimum Gasteiger partial charge on any atom is -0.402 e. The summed E-state index contributed by atoms with van der Waals surface area (Å²) in [6.07, 6.45) is -0.303. The average molecular weight is 326 g/mol. The summed E-state index contributed by atoms with van der Waals surface area (Å²) in [6, 6.07) is 4.15. The van der Waals surface area contributed by atoms with E-state index in [1.165, 1.54) is 4.88 Å². The Balaban J connectivity index is 2.25. The molecule has 0 aromatic carbocycles. The number of β-lactam (4-membered cyclic amide) rings is 1. The first kappa shape index (κ1) is 16.7. The third kappa shape index (κ3) is 2.83. The molecule has 1 N–H and O–H groups in total. The highest BCUT2D eigenvalue weighted by molar-refractivity contribution is 7.10. The Hall–Kier alpha value is -0.653. The van der Waals surface area contributed by atoms with E-state index in [2.05, 4.69) is 58.3 Å². The summed E-state index contributed by atoms with van der Waals surface area (Å²) in [5, 5.41) is 5.05. The van der Waals surface area contributed by atoms with Gasteiger partial charge in [0.2, 0.25) is 8.32 Å². The summed E-state index contributed by atoms with van der Waals surface area (Å²) in [7, 11) is -2.01. The number of carbonyl (C=O) groups is 1. The quantitative estimate of drug-likeness (QED) is 0.618. The maximum atomic E-state index is 12.1. The number of carbonyl (C=O) groups excluding carboxylic acids is 1. The first-order valence-corrected chi connectivity index (χ1v) is 10.8. The molecule has 1 amide bonds. The molecule has 2 rings (SSSR count). The second-order valence-electron chi connectivity index (χ2n) is 6.86. The fourth-order valence-electron chi connectivity index (χ4n) is 3.80. The molecule has 21 heavy (non-hydrogen) atoms. The van der Waals surface area contributed by atoms with Crippen LogP contribution in [0.3, 0.4) is 0 Å². The van der Waals surface area contributed by atoms with Gasteiger partial charge in [0, 0.05) is 4.88 Å². The van der Waals surface area contributed by atoms with Crippen LogP contribution < -0.4 is 5.32 Å². The summed E-state index contributed by atoms with van der Waals surface area (Å²) in [6.45, 7) is 13.5. The van der Waals surface area contributed by atoms with Gasteiger partial charge < -0.3 is 9.74 Å². The first-order chi connectivity index (χ1) is 9.80. The van der Waals surface area contributed by atoms with Crippen molar-refractivity contribution in [3.63, 3.8) is 0 Å². The molecule has 2 heterocycles. The summed E-state index contributed by atoms with van der Waals surface area (Å²) in [4.78, 5) is 13.3. The maximum Gasteiger partial charge on any atom is 0.251 e. The smallest absolute Gasteiger partial charge is 0.251 e. The normalized spacial score (nSPS) is 22.8. The number of hydrogen-bond donors (Lipinski definition) is 1. The molecule has 2 atom stereocenters. The minimum atomic E-state index is -2.01. The van der Waals surface area contributed by atoms with Crippen LogP contribution in [0.15, 0.2) is 17.5 Å². The molecule has 0 aliphatic carbocycles. The standard InChI is InChI=1S/C16H27NO2SSi/c1-10(2)21(11(3)4,12(5)6)19-15-14(17-16(15)18)13-8-7-9-20-13/h7-12,14-15H,1-6H3,(H,17,18)/t14-,15+/m0/s1. The molecular weight excluding hydrogens is 298 g/mol. The Bertz CT molecular complexity index is 463. The molecule has 1 aromatic rings. The van der Waals surface area contributed by atoms with Gasteiger partial charge in [-0.3, -0.25) is 4.79 Å². The molecule has 0 bridgehead atoms. The molecular formula is C16H27NO2SSi. The van der Waals surface area contributed by atoms with Gasteiger partial charge in [-0.2, -0.15) is 0 Å². The van der Waals surface area contributed by atoms with Crippen LogP contribution >= 0.6 is 11.3 Å². The zero-order valence-corrected chi connectivity index (χ0v) is 15.7. The molecule has 0 unspecified atom stereocenters. The summed E-state index contributed by atoms with van der Waals surface area (Å²) in [5.41, 5.74) is 1.49. The summed E-state index contributed by atoms with van der Waals surface area (Å²) >= 11 is 1.68. The molecule has 3 nitrogen and oxygen atoms in total. The van der Waals surface area contributed by atoms with Crippen molar-refractivity contribution in [2.45, 2.75) is 70.3 Å². The van der Waals surface area contributed by atoms with Crippen molar-refractivity contribution in [1.82, 2.24) is 5.32 Å². The van der Waals surface area contributed by atoms with Gasteiger partial charge in [0.05, 0.1) is 6.04 Å². The Morgan fingerprint density at radius 2 is 1.71 bits per heavy atom. The van der Waals surface area contributed by atoms with Crippen LogP contribution in [0, 0.1) is 0 Å². The third-order valence-corrected chi connectivity index (χ3v) is 11.8. The van der Waals surface area contributed by atoms with Gasteiger partial charge in [-0.1, -0.05) is 47.6 Å². The van der Waals surface area contributed by atoms with Crippen LogP contribution in [0.2, 0.25) is 16.6 Å². The van der Waals surface area contributed by atoms with Crippen LogP contribution in [0.25, 0.3) is 0 Å². The van der Waals surface area contributed by atoms with E-state index in [0.717, 1.165) is 0 Å². The summed E-state index contributed by atoms with van der Waals surface area (Å²) < 4.78 is 6.64. The van der Waals surface area contributed by atoms with Crippen LogP contribution in [0.1, 0.15) is 52.5 Å². The fraction of sp³-hybridized carbons (Fsp3) is 0.688. The monoisotopic (exact) mass is 325 g/mol. The Morgan fingerprint density at radius 1 is 1.14 bits per heavy atom. The highest BCUT2D eigenvalue weighted by Crippen LogP contribution is 2.45. The molecule has 0 spiro atoms. The number of nitrogens with one attached hydrogen (secondary N) is 1. The number of thiophene rings is 1. The van der Waals surface area contributed by atoms with Crippen molar-refractivity contribution in [2.24, 2.45) is 0 Å². The summed E-state index contributed by atoms with van der Waals surface area (Å²) in [5.74, 6) is 0.0484. The van der Waals surface area contributed by atoms with Gasteiger partial charge >= 0.3 is 0 Å². The van der Waals surface area contributed by atoms with Crippen molar-refractivity contribution in [2.75, 3.05) is 0 Å². The lowest BCUT2D eigenvalue weighted by molar-refractivity contribution is -0.141. The van der Waals surface area contributed by atoms with Crippen LogP contribution in [-0.2, 0) is 9.22 Å². The van der Waals surface area contributed by atoms with E-state index in [1.807, 2.05) is 6.07 Å². The van der Waals surface area contributed by atoms with E-state index < -0.39 is 8.32 Å². The SMILES string of the molecule is CC(C)[Si](O[C@H]1C(=O)N[C@H]1c1cccs1)(C(C)C)C(C)C. The lowest BCUT2D eigenvalue weighted by Gasteiger charge is -2.48. The van der Waals surface area contributed by atoms with Crippen molar-refractivity contribution < 1.29 is 9.22 Å². The Kier molecular flexibility index (Phi) is 4.95. The second kappa shape index (κ2) is 6.22. The Labute approximate surface area is 133 Å². The van der Waals surface area contributed by atoms with Crippen LogP contribution in [0.4, 0.5) is 0 Å². The van der Waals surface area contributed by atoms with Crippen molar-refractivity contribution >= 4 is 25.6 Å². The molecule has 5 heteroatoms. The predicted octanol–water partition coefficient (Wildman–Crippen LogP) is 4.48. The predicted molar refractivity (Wildman–Crippen MR) is 91.1 cm³/mol. The molecule has 1 saturated heterocycles. The number of rotatable bonds is 6. The van der Waals surface area contributed by atoms with Gasteiger partial charge in [0.15, 0.2) is 0 Å². The van der Waals surface area contributed by atoms with E-state index in [1.54, 1.807) is 11.3 Å². The van der Waals surface area contributed by atoms with E-state index in [9.17, 15) is 4.79 Å². The van der Waals surface area contributed by atoms with Gasteiger partial charge in [0.1, 0.15) is 6.10 Å². The maximum absolute atomic E-state index is 12.1. The van der Waals surface area contributed by atoms with Crippen molar-refractivity contribution in [3.8, 4) is 0 Å². The minimum absolute atomic E-state index is 0.0422. The Morgan fingerprint density at radius 3 is 2.10 bits per heavy atom. The van der Waals surface area contributed by atoms with E-state index in [4.69, 9.17) is 4.43 Å². The van der Waals surface area contributed by atoms with Gasteiger partial charge in [0.25, 0.3) is 5.91 Å². The lowest BCUT2D eigenvalue weighted by Crippen LogP contribution is -2.63. The van der Waals surface area contributed by atoms with E-state index >= 15 is 0 Å². The van der Waals surface area contributed by atoms with Gasteiger partial charge in [-0.05, 0) is 28.1 Å². The van der Waals surface area contributed by atoms with Crippen LogP contribution in [0.5, 0.6) is 0 Å². The topological polar surface area (TPSA) is 38.3 Å². The zero-order chi connectivity index (χ0) is 15.8. The van der Waals surface area contributed by atoms with Crippen LogP contribution in [-0.4, -0.2) is 20.3 Å². The lowest BCUT2D eigenvalue weighted by atomic mass is 10.0. The van der Waals surface area contributed by atoms with E-state index in [-0.39, 0.29) is 18.1 Å². The van der Waals surface area contributed by atoms with Gasteiger partial charge in [-0.15, -0.1) is 11.3 Å². The highest BCUT2D eigenvalue weighted by Gasteiger charge is 2.52. The van der Waals surface area contributed by atoms with Crippen molar-refractivity contribution in [3.05, 3.63) is 22.4 Å². The largest absolute Gasteiger partial charge is 0.402 e. The molecule has 118 valence electrons. The molecule has 1 fully saturated rings. The first-order valence-electron chi connectivity index (χ1n) is 7.82. The number of amides is 1. The molecule has 0 saturated carbocycles. The molecule has 1 aromatic heterocycles. The molecule has 0 radical (unpaired) electrons. The average Bonchev–Trinajstić information content (AvgIpc) is 2.88. The van der Waals surface area contributed by atoms with Crippen molar-refractivity contribution in [1.29, 1.82) is 0 Å². The number of hydrogen-bond acceptors (Lipinski definition) is 3. The molecule has 1 aliphatic heterocycles.